The number of rotatable bonds is 10. The summed E-state index contributed by atoms with van der Waals surface area (Å²) in [6.45, 7) is 15.6. The Morgan fingerprint density at radius 3 is 1.97 bits per heavy atom. The molecule has 0 radical (unpaired) electrons. The zero-order valence-corrected chi connectivity index (χ0v) is 22.5. The van der Waals surface area contributed by atoms with Gasteiger partial charge in [-0.3, -0.25) is 0 Å². The highest BCUT2D eigenvalue weighted by atomic mass is 32.2. The predicted octanol–water partition coefficient (Wildman–Crippen LogP) is 6.23. The molecule has 0 aromatic heterocycles. The second kappa shape index (κ2) is 11.5. The van der Waals surface area contributed by atoms with Gasteiger partial charge in [0.05, 0.1) is 10.6 Å². The van der Waals surface area contributed by atoms with E-state index in [4.69, 9.17) is 0 Å². The van der Waals surface area contributed by atoms with Crippen LogP contribution in [0.1, 0.15) is 101 Å². The van der Waals surface area contributed by atoms with Gasteiger partial charge in [-0.25, -0.2) is 0 Å². The maximum Gasteiger partial charge on any atom is 0.277 e. The molecule has 0 spiro atoms. The van der Waals surface area contributed by atoms with E-state index in [9.17, 15) is 8.42 Å². The van der Waals surface area contributed by atoms with Crippen molar-refractivity contribution >= 4 is 15.7 Å². The van der Waals surface area contributed by atoms with E-state index in [2.05, 4.69) is 68.5 Å². The number of benzene rings is 2. The molecular formula is C28H41N3O2S. The lowest BCUT2D eigenvalue weighted by Crippen LogP contribution is -2.26. The highest BCUT2D eigenvalue weighted by Gasteiger charge is 2.27. The maximum atomic E-state index is 13.7. The highest BCUT2D eigenvalue weighted by molar-refractivity contribution is 7.89. The molecule has 0 amide bonds. The zero-order chi connectivity index (χ0) is 24.9. The monoisotopic (exact) mass is 483 g/mol. The van der Waals surface area contributed by atoms with Crippen LogP contribution in [-0.2, 0) is 10.0 Å². The molecule has 186 valence electrons. The van der Waals surface area contributed by atoms with E-state index in [0.717, 1.165) is 42.0 Å². The van der Waals surface area contributed by atoms with E-state index in [1.54, 1.807) is 0 Å². The molecule has 1 N–H and O–H groups in total. The first-order valence-corrected chi connectivity index (χ1v) is 14.1. The van der Waals surface area contributed by atoms with Gasteiger partial charge in [0.1, 0.15) is 0 Å². The van der Waals surface area contributed by atoms with Crippen molar-refractivity contribution in [2.45, 2.75) is 83.5 Å². The first-order valence-electron chi connectivity index (χ1n) is 12.6. The zero-order valence-electron chi connectivity index (χ0n) is 21.6. The van der Waals surface area contributed by atoms with Crippen LogP contribution in [0.15, 0.2) is 52.5 Å². The smallest absolute Gasteiger partial charge is 0.277 e. The van der Waals surface area contributed by atoms with Gasteiger partial charge >= 0.3 is 0 Å². The van der Waals surface area contributed by atoms with Crippen LogP contribution in [0.2, 0.25) is 0 Å². The molecular weight excluding hydrogens is 442 g/mol. The summed E-state index contributed by atoms with van der Waals surface area (Å²) in [6.07, 6.45) is 3.16. The Bertz CT molecular complexity index is 1050. The highest BCUT2D eigenvalue weighted by Crippen LogP contribution is 2.35. The molecule has 0 bridgehead atoms. The third kappa shape index (κ3) is 6.48. The van der Waals surface area contributed by atoms with Crippen molar-refractivity contribution < 1.29 is 8.42 Å². The molecule has 34 heavy (non-hydrogen) atoms. The lowest BCUT2D eigenvalue weighted by molar-refractivity contribution is 0.349. The van der Waals surface area contributed by atoms with Crippen molar-refractivity contribution in [3.05, 3.63) is 64.7 Å². The first kappa shape index (κ1) is 26.4. The summed E-state index contributed by atoms with van der Waals surface area (Å²) in [6, 6.07) is 14.0. The van der Waals surface area contributed by atoms with E-state index in [1.807, 2.05) is 30.3 Å². The summed E-state index contributed by atoms with van der Waals surface area (Å²) in [5.74, 6) is 0.485. The van der Waals surface area contributed by atoms with Crippen molar-refractivity contribution in [2.24, 2.45) is 5.10 Å². The van der Waals surface area contributed by atoms with Gasteiger partial charge in [0.15, 0.2) is 0 Å². The number of hydrazone groups is 1. The van der Waals surface area contributed by atoms with Gasteiger partial charge in [-0.1, -0.05) is 84.0 Å². The quantitative estimate of drug-likeness (QED) is 0.322. The molecule has 1 saturated heterocycles. The van der Waals surface area contributed by atoms with E-state index >= 15 is 0 Å². The van der Waals surface area contributed by atoms with Gasteiger partial charge in [-0.05, 0) is 65.9 Å². The second-order valence-corrected chi connectivity index (χ2v) is 11.9. The van der Waals surface area contributed by atoms with Gasteiger partial charge in [0.25, 0.3) is 10.0 Å². The Kier molecular flexibility index (Phi) is 8.94. The lowest BCUT2D eigenvalue weighted by Gasteiger charge is -2.22. The molecule has 0 aliphatic carbocycles. The van der Waals surface area contributed by atoms with E-state index in [-0.39, 0.29) is 11.8 Å². The fraction of sp³-hybridized carbons (Fsp3) is 0.536. The molecule has 0 saturated carbocycles. The maximum absolute atomic E-state index is 13.7. The number of sulfonamides is 1. The number of hydrogen-bond donors (Lipinski definition) is 1. The predicted molar refractivity (Wildman–Crippen MR) is 142 cm³/mol. The van der Waals surface area contributed by atoms with Crippen LogP contribution in [0.3, 0.4) is 0 Å². The normalized spacial score (nSPS) is 15.6. The first-order chi connectivity index (χ1) is 16.1. The van der Waals surface area contributed by atoms with Gasteiger partial charge < -0.3 is 4.90 Å². The minimum atomic E-state index is -3.85. The molecule has 1 heterocycles. The topological polar surface area (TPSA) is 61.8 Å². The van der Waals surface area contributed by atoms with Crippen LogP contribution < -0.4 is 4.83 Å². The third-order valence-corrected chi connectivity index (χ3v) is 7.96. The van der Waals surface area contributed by atoms with Crippen molar-refractivity contribution in [3.8, 4) is 0 Å². The average molecular weight is 484 g/mol. The molecule has 0 atom stereocenters. The summed E-state index contributed by atoms with van der Waals surface area (Å²) in [5.41, 5.74) is 4.61. The Morgan fingerprint density at radius 2 is 1.47 bits per heavy atom. The largest absolute Gasteiger partial charge is 0.303 e. The van der Waals surface area contributed by atoms with Crippen LogP contribution in [0.5, 0.6) is 0 Å². The van der Waals surface area contributed by atoms with Crippen LogP contribution in [0.4, 0.5) is 0 Å². The van der Waals surface area contributed by atoms with E-state index < -0.39 is 10.0 Å². The molecule has 3 rings (SSSR count). The van der Waals surface area contributed by atoms with Crippen molar-refractivity contribution in [3.63, 3.8) is 0 Å². The van der Waals surface area contributed by atoms with E-state index in [1.165, 1.54) is 18.4 Å². The molecule has 2 aromatic rings. The fourth-order valence-corrected chi connectivity index (χ4v) is 6.06. The Hall–Kier alpha value is -2.18. The molecule has 1 aliphatic rings. The molecule has 6 heteroatoms. The number of nitrogens with one attached hydrogen (secondary N) is 1. The number of hydrogen-bond acceptors (Lipinski definition) is 4. The second-order valence-electron chi connectivity index (χ2n) is 10.3. The number of nitrogens with zero attached hydrogens (tertiary/aromatic N) is 2. The van der Waals surface area contributed by atoms with Crippen molar-refractivity contribution in [2.75, 3.05) is 19.6 Å². The number of likely N-dealkylation sites (tertiary alicyclic amines) is 1. The van der Waals surface area contributed by atoms with Gasteiger partial charge in [-0.15, -0.1) is 0 Å². The minimum absolute atomic E-state index is 0.0792. The van der Waals surface area contributed by atoms with Crippen LogP contribution in [-0.4, -0.2) is 38.7 Å². The summed E-state index contributed by atoms with van der Waals surface area (Å²) < 4.78 is 27.5. The van der Waals surface area contributed by atoms with Gasteiger partial charge in [-0.2, -0.15) is 18.4 Å². The Morgan fingerprint density at radius 1 is 0.912 bits per heavy atom. The third-order valence-electron chi connectivity index (χ3n) is 6.62. The van der Waals surface area contributed by atoms with Crippen molar-refractivity contribution in [1.82, 2.24) is 9.73 Å². The fourth-order valence-electron chi connectivity index (χ4n) is 4.53. The molecule has 5 nitrogen and oxygen atoms in total. The molecule has 1 fully saturated rings. The summed E-state index contributed by atoms with van der Waals surface area (Å²) >= 11 is 0. The van der Waals surface area contributed by atoms with E-state index in [0.29, 0.717) is 17.2 Å². The summed E-state index contributed by atoms with van der Waals surface area (Å²) in [4.78, 5) is 5.44. The van der Waals surface area contributed by atoms with Crippen LogP contribution in [0, 0.1) is 0 Å². The summed E-state index contributed by atoms with van der Waals surface area (Å²) in [7, 11) is -3.85. The van der Waals surface area contributed by atoms with Crippen molar-refractivity contribution in [1.29, 1.82) is 0 Å². The van der Waals surface area contributed by atoms with Crippen LogP contribution in [0.25, 0.3) is 0 Å². The SMILES string of the molecule is CC(C)c1cc(C(C)C)c(S(=O)(=O)NN=C(CCN2CCCC2)c2ccccc2)c(C(C)C)c1. The van der Waals surface area contributed by atoms with Crippen LogP contribution >= 0.6 is 0 Å². The minimum Gasteiger partial charge on any atom is -0.303 e. The van der Waals surface area contributed by atoms with Gasteiger partial charge in [0.2, 0.25) is 0 Å². The Balaban J connectivity index is 2.00. The summed E-state index contributed by atoms with van der Waals surface area (Å²) in [5, 5.41) is 4.51. The lowest BCUT2D eigenvalue weighted by atomic mass is 9.89. The molecule has 1 aliphatic heterocycles. The Labute approximate surface area is 206 Å². The standard InChI is InChI=1S/C28H41N3O2S/c1-20(2)24-18-25(21(3)4)28(26(19-24)22(5)6)34(32,33)30-29-27(23-12-8-7-9-13-23)14-17-31-15-10-11-16-31/h7-9,12-13,18-22,30H,10-11,14-17H2,1-6H3. The molecule has 2 aromatic carbocycles. The average Bonchev–Trinajstić information content (AvgIpc) is 3.32. The molecule has 0 unspecified atom stereocenters. The van der Waals surface area contributed by atoms with Gasteiger partial charge in [0, 0.05) is 13.0 Å².